The van der Waals surface area contributed by atoms with Crippen molar-refractivity contribution in [2.75, 3.05) is 26.4 Å². The monoisotopic (exact) mass is 521 g/mol. The van der Waals surface area contributed by atoms with Crippen LogP contribution in [0.2, 0.25) is 0 Å². The maximum absolute atomic E-state index is 11.5. The van der Waals surface area contributed by atoms with Crippen LogP contribution in [0, 0.1) is 0 Å². The van der Waals surface area contributed by atoms with Gasteiger partial charge < -0.3 is 10.6 Å². The molecule has 2 rings (SSSR count). The van der Waals surface area contributed by atoms with Crippen molar-refractivity contribution >= 4 is 51.1 Å². The normalized spacial score (nSPS) is 12.4. The quantitative estimate of drug-likeness (QED) is 0.333. The summed E-state index contributed by atoms with van der Waals surface area (Å²) in [7, 11) is -1.38. The highest BCUT2D eigenvalue weighted by Crippen LogP contribution is 2.26. The molecule has 0 fully saturated rings. The van der Waals surface area contributed by atoms with Crippen LogP contribution in [0.5, 0.6) is 0 Å². The van der Waals surface area contributed by atoms with Crippen LogP contribution in [0.4, 0.5) is 0 Å². The van der Waals surface area contributed by atoms with E-state index >= 15 is 0 Å². The Balaban J connectivity index is 0.00000364. The molecule has 27 heavy (non-hydrogen) atoms. The summed E-state index contributed by atoms with van der Waals surface area (Å²) in [4.78, 5) is 5.96. The molecule has 1 aromatic heterocycles. The van der Waals surface area contributed by atoms with E-state index in [-0.39, 0.29) is 29.4 Å². The fraction of sp³-hybridized carbons (Fsp3) is 0.421. The molecule has 150 valence electrons. The van der Waals surface area contributed by atoms with Gasteiger partial charge in [0.15, 0.2) is 15.8 Å². The lowest BCUT2D eigenvalue weighted by molar-refractivity contribution is 0.518. The molecule has 0 atom stereocenters. The van der Waals surface area contributed by atoms with E-state index in [0.717, 1.165) is 31.0 Å². The molecule has 0 spiro atoms. The van der Waals surface area contributed by atoms with Gasteiger partial charge in [0, 0.05) is 36.7 Å². The van der Waals surface area contributed by atoms with Gasteiger partial charge in [0.05, 0.1) is 4.90 Å². The van der Waals surface area contributed by atoms with Crippen molar-refractivity contribution < 1.29 is 8.42 Å². The summed E-state index contributed by atoms with van der Waals surface area (Å²) in [6.45, 7) is 5.93. The zero-order valence-corrected chi connectivity index (χ0v) is 20.1. The minimum atomic E-state index is -3.14. The van der Waals surface area contributed by atoms with E-state index in [1.54, 1.807) is 30.5 Å². The summed E-state index contributed by atoms with van der Waals surface area (Å²) in [5, 5.41) is 8.78. The smallest absolute Gasteiger partial charge is 0.191 e. The van der Waals surface area contributed by atoms with Crippen LogP contribution in [-0.2, 0) is 21.7 Å². The van der Waals surface area contributed by atoms with Crippen molar-refractivity contribution in [3.8, 4) is 0 Å². The Morgan fingerprint density at radius 1 is 1.15 bits per heavy atom. The molecule has 0 radical (unpaired) electrons. The van der Waals surface area contributed by atoms with Crippen LogP contribution in [0.1, 0.15) is 24.3 Å². The van der Waals surface area contributed by atoms with E-state index in [4.69, 9.17) is 0 Å². The number of guanidine groups is 1. The van der Waals surface area contributed by atoms with E-state index in [1.807, 2.05) is 12.1 Å². The standard InChI is InChI=1S/C19H27N3O2S2.HI/c1-19(2,17-6-5-13-25-17)14-22-18(20-3)21-12-11-15-7-9-16(10-8-15)26(4,23)24;/h5-10,13H,11-12,14H2,1-4H3,(H2,20,21,22);1H. The molecule has 0 amide bonds. The van der Waals surface area contributed by atoms with Crippen molar-refractivity contribution in [3.63, 3.8) is 0 Å². The third-order valence-electron chi connectivity index (χ3n) is 4.17. The summed E-state index contributed by atoms with van der Waals surface area (Å²) in [5.74, 6) is 0.766. The molecule has 0 saturated heterocycles. The molecule has 1 aromatic carbocycles. The van der Waals surface area contributed by atoms with Crippen LogP contribution in [-0.4, -0.2) is 40.8 Å². The summed E-state index contributed by atoms with van der Waals surface area (Å²) in [6.07, 6.45) is 2.01. The summed E-state index contributed by atoms with van der Waals surface area (Å²) in [6, 6.07) is 11.2. The zero-order chi connectivity index (χ0) is 19.2. The first-order valence-electron chi connectivity index (χ1n) is 8.50. The number of thiophene rings is 1. The first kappa shape index (κ1) is 23.9. The van der Waals surface area contributed by atoms with Gasteiger partial charge in [-0.15, -0.1) is 35.3 Å². The highest BCUT2D eigenvalue weighted by atomic mass is 127. The first-order chi connectivity index (χ1) is 12.2. The molecule has 0 unspecified atom stereocenters. The Morgan fingerprint density at radius 2 is 1.81 bits per heavy atom. The van der Waals surface area contributed by atoms with Gasteiger partial charge in [0.1, 0.15) is 0 Å². The van der Waals surface area contributed by atoms with Crippen molar-refractivity contribution in [1.29, 1.82) is 0 Å². The minimum Gasteiger partial charge on any atom is -0.356 e. The van der Waals surface area contributed by atoms with Gasteiger partial charge in [0.25, 0.3) is 0 Å². The van der Waals surface area contributed by atoms with Crippen molar-refractivity contribution in [2.45, 2.75) is 30.6 Å². The highest BCUT2D eigenvalue weighted by Gasteiger charge is 2.21. The Hall–Kier alpha value is -1.13. The predicted molar refractivity (Wildman–Crippen MR) is 125 cm³/mol. The first-order valence-corrected chi connectivity index (χ1v) is 11.3. The van der Waals surface area contributed by atoms with Gasteiger partial charge in [-0.2, -0.15) is 0 Å². The van der Waals surface area contributed by atoms with Gasteiger partial charge in [0.2, 0.25) is 0 Å². The van der Waals surface area contributed by atoms with E-state index < -0.39 is 9.84 Å². The van der Waals surface area contributed by atoms with E-state index in [2.05, 4.69) is 47.0 Å². The van der Waals surface area contributed by atoms with Crippen LogP contribution < -0.4 is 10.6 Å². The molecule has 1 heterocycles. The highest BCUT2D eigenvalue weighted by molar-refractivity contribution is 14.0. The largest absolute Gasteiger partial charge is 0.356 e. The third kappa shape index (κ3) is 7.42. The van der Waals surface area contributed by atoms with Crippen molar-refractivity contribution in [3.05, 3.63) is 52.2 Å². The molecular weight excluding hydrogens is 493 g/mol. The fourth-order valence-electron chi connectivity index (χ4n) is 2.50. The number of hydrogen-bond donors (Lipinski definition) is 2. The Bertz CT molecular complexity index is 830. The molecule has 0 saturated carbocycles. The number of halogens is 1. The molecule has 2 aromatic rings. The van der Waals surface area contributed by atoms with Crippen LogP contribution in [0.15, 0.2) is 51.7 Å². The predicted octanol–water partition coefficient (Wildman–Crippen LogP) is 3.45. The average Bonchev–Trinajstić information content (AvgIpc) is 3.13. The molecule has 0 bridgehead atoms. The molecule has 0 aliphatic heterocycles. The maximum atomic E-state index is 11.5. The second-order valence-corrected chi connectivity index (χ2v) is 9.84. The van der Waals surface area contributed by atoms with Crippen molar-refractivity contribution in [1.82, 2.24) is 10.6 Å². The van der Waals surface area contributed by atoms with Gasteiger partial charge in [-0.25, -0.2) is 8.42 Å². The number of rotatable bonds is 7. The molecule has 2 N–H and O–H groups in total. The van der Waals surface area contributed by atoms with Gasteiger partial charge in [-0.1, -0.05) is 32.0 Å². The molecule has 8 heteroatoms. The summed E-state index contributed by atoms with van der Waals surface area (Å²) >= 11 is 1.76. The van der Waals surface area contributed by atoms with Gasteiger partial charge in [-0.3, -0.25) is 4.99 Å². The van der Waals surface area contributed by atoms with Gasteiger partial charge >= 0.3 is 0 Å². The molecule has 5 nitrogen and oxygen atoms in total. The summed E-state index contributed by atoms with van der Waals surface area (Å²) < 4.78 is 23.0. The molecule has 0 aliphatic carbocycles. The van der Waals surface area contributed by atoms with Crippen LogP contribution in [0.25, 0.3) is 0 Å². The second-order valence-electron chi connectivity index (χ2n) is 6.88. The number of hydrogen-bond acceptors (Lipinski definition) is 4. The number of sulfone groups is 1. The van der Waals surface area contributed by atoms with Crippen LogP contribution in [0.3, 0.4) is 0 Å². The van der Waals surface area contributed by atoms with E-state index in [9.17, 15) is 8.42 Å². The summed E-state index contributed by atoms with van der Waals surface area (Å²) in [5.41, 5.74) is 1.12. The Labute approximate surface area is 183 Å². The Morgan fingerprint density at radius 3 is 2.33 bits per heavy atom. The minimum absolute atomic E-state index is 0. The SMILES string of the molecule is CN=C(NCCc1ccc(S(C)(=O)=O)cc1)NCC(C)(C)c1cccs1.I. The van der Waals surface area contributed by atoms with Gasteiger partial charge in [-0.05, 0) is 35.6 Å². The lowest BCUT2D eigenvalue weighted by atomic mass is 9.91. The average molecular weight is 521 g/mol. The lowest BCUT2D eigenvalue weighted by Gasteiger charge is -2.25. The number of aliphatic imine (C=N–C) groups is 1. The third-order valence-corrected chi connectivity index (χ3v) is 6.53. The fourth-order valence-corrected chi connectivity index (χ4v) is 3.99. The number of benzene rings is 1. The second kappa shape index (κ2) is 10.4. The lowest BCUT2D eigenvalue weighted by Crippen LogP contribution is -2.43. The topological polar surface area (TPSA) is 70.6 Å². The zero-order valence-electron chi connectivity index (χ0n) is 16.2. The van der Waals surface area contributed by atoms with Crippen LogP contribution >= 0.6 is 35.3 Å². The van der Waals surface area contributed by atoms with E-state index in [0.29, 0.717) is 4.90 Å². The van der Waals surface area contributed by atoms with E-state index in [1.165, 1.54) is 11.1 Å². The number of nitrogens with one attached hydrogen (secondary N) is 2. The number of nitrogens with zero attached hydrogens (tertiary/aromatic N) is 1. The van der Waals surface area contributed by atoms with Crippen molar-refractivity contribution in [2.24, 2.45) is 4.99 Å². The molecule has 0 aliphatic rings. The maximum Gasteiger partial charge on any atom is 0.191 e. The Kier molecular flexibility index (Phi) is 9.23. The molecular formula is C19H28IN3O2S2.